The van der Waals surface area contributed by atoms with Crippen molar-refractivity contribution in [2.45, 2.75) is 6.10 Å². The maximum absolute atomic E-state index is 12.0. The van der Waals surface area contributed by atoms with E-state index in [1.165, 1.54) is 0 Å². The van der Waals surface area contributed by atoms with Crippen molar-refractivity contribution in [1.29, 1.82) is 0 Å². The molecular formula is C12H9NO4S. The predicted octanol–water partition coefficient (Wildman–Crippen LogP) is 1.53. The molecule has 0 aromatic heterocycles. The highest BCUT2D eigenvalue weighted by Crippen LogP contribution is 2.26. The highest BCUT2D eigenvalue weighted by atomic mass is 32.2. The van der Waals surface area contributed by atoms with E-state index in [0.717, 1.165) is 16.7 Å². The topological polar surface area (TPSA) is 63.7 Å². The zero-order valence-corrected chi connectivity index (χ0v) is 10.1. The number of benzene rings is 1. The Balaban J connectivity index is 1.82. The van der Waals surface area contributed by atoms with Crippen LogP contribution in [0.3, 0.4) is 0 Å². The summed E-state index contributed by atoms with van der Waals surface area (Å²) in [5.74, 6) is -0.154. The Morgan fingerprint density at radius 1 is 1.17 bits per heavy atom. The fraction of sp³-hybridized carbons (Fsp3) is 0.250. The summed E-state index contributed by atoms with van der Waals surface area (Å²) >= 11 is 1.06. The number of hydrogen-bond acceptors (Lipinski definition) is 5. The molecule has 1 unspecified atom stereocenters. The van der Waals surface area contributed by atoms with E-state index in [0.29, 0.717) is 16.9 Å². The highest BCUT2D eigenvalue weighted by Gasteiger charge is 2.38. The first-order valence-electron chi connectivity index (χ1n) is 5.45. The van der Waals surface area contributed by atoms with Crippen LogP contribution in [0.15, 0.2) is 24.3 Å². The van der Waals surface area contributed by atoms with Crippen LogP contribution in [0.25, 0.3) is 0 Å². The lowest BCUT2D eigenvalue weighted by Gasteiger charge is -2.17. The minimum absolute atomic E-state index is 0.130. The summed E-state index contributed by atoms with van der Waals surface area (Å²) in [6.07, 6.45) is -0.398. The zero-order chi connectivity index (χ0) is 12.7. The minimum Gasteiger partial charge on any atom is -0.451 e. The zero-order valence-electron chi connectivity index (χ0n) is 9.29. The third-order valence-corrected chi connectivity index (χ3v) is 3.78. The van der Waals surface area contributed by atoms with Crippen LogP contribution in [0.2, 0.25) is 0 Å². The summed E-state index contributed by atoms with van der Waals surface area (Å²) in [5.41, 5.74) is 0.832. The van der Waals surface area contributed by atoms with Crippen molar-refractivity contribution in [3.63, 3.8) is 0 Å². The third-order valence-electron chi connectivity index (χ3n) is 2.91. The number of thioether (sulfide) groups is 1. The van der Waals surface area contributed by atoms with Gasteiger partial charge in [0.05, 0.1) is 17.7 Å². The second-order valence-electron chi connectivity index (χ2n) is 4.07. The van der Waals surface area contributed by atoms with E-state index in [9.17, 15) is 14.4 Å². The summed E-state index contributed by atoms with van der Waals surface area (Å²) in [6.45, 7) is 0.130. The van der Waals surface area contributed by atoms with Gasteiger partial charge in [0.1, 0.15) is 6.10 Å². The molecule has 0 bridgehead atoms. The molecule has 5 nitrogen and oxygen atoms in total. The van der Waals surface area contributed by atoms with E-state index >= 15 is 0 Å². The normalized spacial score (nSPS) is 22.3. The molecule has 1 aromatic rings. The van der Waals surface area contributed by atoms with Crippen LogP contribution < -0.4 is 0 Å². The van der Waals surface area contributed by atoms with Gasteiger partial charge in [0.25, 0.3) is 11.8 Å². The average molecular weight is 263 g/mol. The Labute approximate surface area is 107 Å². The van der Waals surface area contributed by atoms with Crippen LogP contribution in [0.1, 0.15) is 20.7 Å². The van der Waals surface area contributed by atoms with E-state index in [1.54, 1.807) is 24.3 Å². The molecule has 3 rings (SSSR count). The summed E-state index contributed by atoms with van der Waals surface area (Å²) in [4.78, 5) is 36.2. The van der Waals surface area contributed by atoms with Crippen molar-refractivity contribution in [1.82, 2.24) is 4.90 Å². The first kappa shape index (κ1) is 11.3. The van der Waals surface area contributed by atoms with E-state index in [-0.39, 0.29) is 23.7 Å². The second-order valence-corrected chi connectivity index (χ2v) is 5.02. The van der Waals surface area contributed by atoms with Crippen molar-refractivity contribution >= 4 is 28.9 Å². The molecule has 0 N–H and O–H groups in total. The van der Waals surface area contributed by atoms with E-state index in [2.05, 4.69) is 0 Å². The maximum Gasteiger partial charge on any atom is 0.367 e. The number of imide groups is 1. The molecule has 2 aliphatic rings. The number of rotatable bonds is 2. The van der Waals surface area contributed by atoms with Crippen LogP contribution in [0, 0.1) is 0 Å². The summed E-state index contributed by atoms with van der Waals surface area (Å²) in [7, 11) is 0. The lowest BCUT2D eigenvalue weighted by molar-refractivity contribution is 0.0558. The Hall–Kier alpha value is -1.82. The van der Waals surface area contributed by atoms with Gasteiger partial charge in [-0.1, -0.05) is 12.1 Å². The number of amides is 2. The van der Waals surface area contributed by atoms with Crippen LogP contribution in [-0.4, -0.2) is 40.4 Å². The van der Waals surface area contributed by atoms with Gasteiger partial charge < -0.3 is 4.74 Å². The Kier molecular flexibility index (Phi) is 2.59. The average Bonchev–Trinajstić information content (AvgIpc) is 2.88. The molecule has 1 saturated heterocycles. The summed E-state index contributed by atoms with van der Waals surface area (Å²) in [6, 6.07) is 6.70. The van der Waals surface area contributed by atoms with Gasteiger partial charge in [0.15, 0.2) is 0 Å². The van der Waals surface area contributed by atoms with E-state index in [1.807, 2.05) is 0 Å². The van der Waals surface area contributed by atoms with Gasteiger partial charge >= 0.3 is 5.30 Å². The molecular weight excluding hydrogens is 254 g/mol. The molecule has 18 heavy (non-hydrogen) atoms. The van der Waals surface area contributed by atoms with Gasteiger partial charge in [0.2, 0.25) is 0 Å². The number of carbonyl (C=O) groups excluding carboxylic acids is 3. The molecule has 2 aliphatic heterocycles. The molecule has 0 spiro atoms. The minimum atomic E-state index is -0.398. The molecule has 1 atom stereocenters. The van der Waals surface area contributed by atoms with Crippen LogP contribution in [0.5, 0.6) is 0 Å². The molecule has 2 amide bonds. The van der Waals surface area contributed by atoms with Gasteiger partial charge in [-0.15, -0.1) is 0 Å². The molecule has 6 heteroatoms. The summed E-state index contributed by atoms with van der Waals surface area (Å²) < 4.78 is 5.00. The Morgan fingerprint density at radius 3 is 2.28 bits per heavy atom. The number of fused-ring (bicyclic) bond motifs is 1. The van der Waals surface area contributed by atoms with Crippen molar-refractivity contribution in [2.24, 2.45) is 0 Å². The van der Waals surface area contributed by atoms with Gasteiger partial charge in [0, 0.05) is 5.75 Å². The number of cyclic esters (lactones) is 1. The lowest BCUT2D eigenvalue weighted by atomic mass is 10.1. The van der Waals surface area contributed by atoms with Crippen molar-refractivity contribution in [3.8, 4) is 0 Å². The quantitative estimate of drug-likeness (QED) is 0.598. The van der Waals surface area contributed by atoms with Gasteiger partial charge in [-0.25, -0.2) is 4.79 Å². The predicted molar refractivity (Wildman–Crippen MR) is 64.5 cm³/mol. The fourth-order valence-electron chi connectivity index (χ4n) is 2.06. The molecule has 92 valence electrons. The molecule has 1 fully saturated rings. The Bertz CT molecular complexity index is 522. The first-order chi connectivity index (χ1) is 8.66. The number of nitrogens with zero attached hydrogens (tertiary/aromatic N) is 1. The monoisotopic (exact) mass is 263 g/mol. The van der Waals surface area contributed by atoms with Crippen LogP contribution in [-0.2, 0) is 4.74 Å². The van der Waals surface area contributed by atoms with E-state index in [4.69, 9.17) is 4.74 Å². The third kappa shape index (κ3) is 1.69. The highest BCUT2D eigenvalue weighted by molar-refractivity contribution is 8.13. The Morgan fingerprint density at radius 2 is 1.78 bits per heavy atom. The largest absolute Gasteiger partial charge is 0.451 e. The molecule has 0 aliphatic carbocycles. The first-order valence-corrected chi connectivity index (χ1v) is 6.44. The molecule has 2 heterocycles. The van der Waals surface area contributed by atoms with Crippen molar-refractivity contribution in [2.75, 3.05) is 12.3 Å². The number of hydrogen-bond donors (Lipinski definition) is 0. The fourth-order valence-corrected chi connectivity index (χ4v) is 2.76. The maximum atomic E-state index is 12.0. The van der Waals surface area contributed by atoms with Gasteiger partial charge in [-0.3, -0.25) is 14.5 Å². The van der Waals surface area contributed by atoms with Crippen LogP contribution in [0.4, 0.5) is 4.79 Å². The SMILES string of the molecule is O=C1OC(CN2C(=O)c3ccccc3C2=O)CS1. The van der Waals surface area contributed by atoms with E-state index < -0.39 is 6.10 Å². The van der Waals surface area contributed by atoms with Gasteiger partial charge in [-0.05, 0) is 23.9 Å². The summed E-state index contributed by atoms with van der Waals surface area (Å²) in [5, 5.41) is -0.350. The van der Waals surface area contributed by atoms with Gasteiger partial charge in [-0.2, -0.15) is 0 Å². The molecule has 0 saturated carbocycles. The molecule has 0 radical (unpaired) electrons. The standard InChI is InChI=1S/C12H9NO4S/c14-10-8-3-1-2-4-9(8)11(15)13(10)5-7-6-18-12(16)17-7/h1-4,7H,5-6H2. The second kappa shape index (κ2) is 4.13. The lowest BCUT2D eigenvalue weighted by Crippen LogP contribution is -2.37. The van der Waals surface area contributed by atoms with Crippen molar-refractivity contribution < 1.29 is 19.1 Å². The smallest absolute Gasteiger partial charge is 0.367 e. The van der Waals surface area contributed by atoms with Crippen molar-refractivity contribution in [3.05, 3.63) is 35.4 Å². The van der Waals surface area contributed by atoms with Crippen LogP contribution >= 0.6 is 11.8 Å². The number of carbonyl (C=O) groups is 3. The molecule has 1 aromatic carbocycles. The number of ether oxygens (including phenoxy) is 1.